The third-order valence-corrected chi connectivity index (χ3v) is 5.85. The highest BCUT2D eigenvalue weighted by Gasteiger charge is 2.16. The van der Waals surface area contributed by atoms with Crippen LogP contribution in [0.1, 0.15) is 18.1 Å². The van der Waals surface area contributed by atoms with Gasteiger partial charge in [0.05, 0.1) is 12.3 Å². The minimum Gasteiger partial charge on any atom is -0.398 e. The van der Waals surface area contributed by atoms with Crippen molar-refractivity contribution in [2.24, 2.45) is 16.5 Å². The monoisotopic (exact) mass is 470 g/mol. The van der Waals surface area contributed by atoms with Gasteiger partial charge in [0.25, 0.3) is 5.91 Å². The third kappa shape index (κ3) is 6.40. The van der Waals surface area contributed by atoms with Crippen LogP contribution in [-0.4, -0.2) is 55.0 Å². The maximum atomic E-state index is 14.1. The Hall–Kier alpha value is -3.23. The number of carbonyl (C=O) groups excluding carboxylic acids is 1. The molecule has 7 nitrogen and oxygen atoms in total. The van der Waals surface area contributed by atoms with Gasteiger partial charge in [0.1, 0.15) is 11.5 Å². The number of piperazine rings is 1. The summed E-state index contributed by atoms with van der Waals surface area (Å²) in [6.45, 7) is 7.12. The van der Waals surface area contributed by atoms with E-state index in [9.17, 15) is 9.18 Å². The van der Waals surface area contributed by atoms with Gasteiger partial charge in [-0.05, 0) is 42.4 Å². The van der Waals surface area contributed by atoms with Crippen LogP contribution in [0, 0.1) is 11.2 Å². The molecule has 1 heterocycles. The van der Waals surface area contributed by atoms with Crippen LogP contribution in [0.4, 0.5) is 10.1 Å². The second-order valence-corrected chi connectivity index (χ2v) is 8.18. The molecule has 5 N–H and O–H groups in total. The summed E-state index contributed by atoms with van der Waals surface area (Å²) in [6.07, 6.45) is 1.41. The van der Waals surface area contributed by atoms with E-state index in [2.05, 4.69) is 21.7 Å². The summed E-state index contributed by atoms with van der Waals surface area (Å²) >= 11 is 5.78. The van der Waals surface area contributed by atoms with Crippen molar-refractivity contribution in [3.05, 3.63) is 70.5 Å². The van der Waals surface area contributed by atoms with E-state index in [0.717, 1.165) is 38.4 Å². The van der Waals surface area contributed by atoms with Gasteiger partial charge in [-0.15, -0.1) is 0 Å². The van der Waals surface area contributed by atoms with Crippen molar-refractivity contribution < 1.29 is 9.18 Å². The number of anilines is 1. The summed E-state index contributed by atoms with van der Waals surface area (Å²) < 4.78 is 14.1. The van der Waals surface area contributed by atoms with Crippen LogP contribution >= 0.6 is 11.6 Å². The Labute approximate surface area is 198 Å². The predicted molar refractivity (Wildman–Crippen MR) is 132 cm³/mol. The maximum Gasteiger partial charge on any atom is 0.268 e. The van der Waals surface area contributed by atoms with Gasteiger partial charge in [-0.1, -0.05) is 36.7 Å². The Balaban J connectivity index is 1.79. The first-order chi connectivity index (χ1) is 15.8. The molecule has 33 heavy (non-hydrogen) atoms. The fraction of sp³-hybridized carbons (Fsp3) is 0.292. The van der Waals surface area contributed by atoms with Gasteiger partial charge in [-0.3, -0.25) is 15.2 Å². The Morgan fingerprint density at radius 2 is 1.82 bits per heavy atom. The summed E-state index contributed by atoms with van der Waals surface area (Å²) in [7, 11) is 0. The van der Waals surface area contributed by atoms with Crippen molar-refractivity contribution in [1.82, 2.24) is 4.90 Å². The van der Waals surface area contributed by atoms with Gasteiger partial charge in [0.2, 0.25) is 0 Å². The van der Waals surface area contributed by atoms with Crippen LogP contribution in [0.25, 0.3) is 5.70 Å². The Morgan fingerprint density at radius 1 is 1.15 bits per heavy atom. The molecule has 0 unspecified atom stereocenters. The number of rotatable bonds is 8. The molecule has 9 heteroatoms. The molecule has 0 aliphatic carbocycles. The average molecular weight is 471 g/mol. The predicted octanol–water partition coefficient (Wildman–Crippen LogP) is 3.07. The minimum atomic E-state index is -0.948. The zero-order chi connectivity index (χ0) is 24.0. The van der Waals surface area contributed by atoms with Gasteiger partial charge in [0.15, 0.2) is 0 Å². The van der Waals surface area contributed by atoms with Crippen molar-refractivity contribution in [1.29, 1.82) is 5.41 Å². The van der Waals surface area contributed by atoms with E-state index >= 15 is 0 Å². The topological polar surface area (TPSA) is 112 Å². The largest absolute Gasteiger partial charge is 0.398 e. The van der Waals surface area contributed by atoms with E-state index < -0.39 is 17.4 Å². The molecule has 3 rings (SSSR count). The van der Waals surface area contributed by atoms with Crippen LogP contribution in [0.3, 0.4) is 0 Å². The van der Waals surface area contributed by atoms with E-state index in [1.807, 2.05) is 24.3 Å². The highest BCUT2D eigenvalue weighted by molar-refractivity contribution is 6.68. The number of hydrogen-bond acceptors (Lipinski definition) is 6. The molecule has 0 radical (unpaired) electrons. The van der Waals surface area contributed by atoms with E-state index in [-0.39, 0.29) is 22.8 Å². The van der Waals surface area contributed by atoms with E-state index in [0.29, 0.717) is 11.3 Å². The number of allylic oxidation sites excluding steroid dienone is 1. The molecule has 2 aromatic carbocycles. The molecule has 174 valence electrons. The number of nitrogens with zero attached hydrogens (tertiary/aromatic N) is 3. The van der Waals surface area contributed by atoms with Crippen LogP contribution in [0.15, 0.2) is 53.5 Å². The van der Waals surface area contributed by atoms with Gasteiger partial charge < -0.3 is 21.3 Å². The molecular formula is C24H28ClFN6O. The number of nitrogens with two attached hydrogens (primary N) is 2. The van der Waals surface area contributed by atoms with Crippen molar-refractivity contribution >= 4 is 40.3 Å². The highest BCUT2D eigenvalue weighted by atomic mass is 35.5. The Bertz CT molecular complexity index is 1070. The number of aliphatic imine (C=N–C) groups is 1. The Kier molecular flexibility index (Phi) is 8.19. The first-order valence-corrected chi connectivity index (χ1v) is 11.1. The van der Waals surface area contributed by atoms with Crippen LogP contribution in [0.2, 0.25) is 5.02 Å². The van der Waals surface area contributed by atoms with E-state index in [4.69, 9.17) is 28.5 Å². The van der Waals surface area contributed by atoms with Crippen molar-refractivity contribution in [3.63, 3.8) is 0 Å². The number of primary amides is 1. The maximum absolute atomic E-state index is 14.1. The summed E-state index contributed by atoms with van der Waals surface area (Å²) in [4.78, 5) is 20.5. The van der Waals surface area contributed by atoms with Gasteiger partial charge in [-0.2, -0.15) is 0 Å². The number of hydrogen-bond donors (Lipinski definition) is 3. The standard InChI is InChI=1S/C24H28ClFN6O/c1-2-31-9-11-32(12-10-31)19-7-4-16(5-8-19)21(27)14-22(23(28)24(29)33)30-15-17-3-6-18(25)13-20(17)26/h3-8,13-14,28H,2,9-12,15,27H2,1H3,(H2,29,33)/b21-14-,28-23?,30-22?. The third-order valence-electron chi connectivity index (χ3n) is 5.61. The molecular weight excluding hydrogens is 443 g/mol. The van der Waals surface area contributed by atoms with Crippen molar-refractivity contribution in [2.75, 3.05) is 37.6 Å². The lowest BCUT2D eigenvalue weighted by Gasteiger charge is -2.35. The molecule has 0 saturated carbocycles. The molecule has 0 aromatic heterocycles. The molecule has 1 amide bonds. The van der Waals surface area contributed by atoms with Crippen LogP contribution in [-0.2, 0) is 11.3 Å². The quantitative estimate of drug-likeness (QED) is 0.514. The van der Waals surface area contributed by atoms with Crippen molar-refractivity contribution in [2.45, 2.75) is 13.5 Å². The second-order valence-electron chi connectivity index (χ2n) is 7.74. The molecule has 1 fully saturated rings. The zero-order valence-corrected chi connectivity index (χ0v) is 19.3. The first kappa shape index (κ1) is 24.4. The zero-order valence-electron chi connectivity index (χ0n) is 18.5. The number of carbonyl (C=O) groups is 1. The first-order valence-electron chi connectivity index (χ1n) is 10.7. The highest BCUT2D eigenvalue weighted by Crippen LogP contribution is 2.20. The molecule has 1 aliphatic rings. The summed E-state index contributed by atoms with van der Waals surface area (Å²) in [6, 6.07) is 12.0. The lowest BCUT2D eigenvalue weighted by molar-refractivity contribution is -0.111. The lowest BCUT2D eigenvalue weighted by atomic mass is 10.1. The smallest absolute Gasteiger partial charge is 0.268 e. The normalized spacial score (nSPS) is 15.5. The molecule has 0 bridgehead atoms. The lowest BCUT2D eigenvalue weighted by Crippen LogP contribution is -2.46. The molecule has 2 aromatic rings. The number of nitrogens with one attached hydrogen (secondary N) is 1. The van der Waals surface area contributed by atoms with E-state index in [1.165, 1.54) is 18.2 Å². The summed E-state index contributed by atoms with van der Waals surface area (Å²) in [5.74, 6) is -1.47. The minimum absolute atomic E-state index is 0.0193. The van der Waals surface area contributed by atoms with Gasteiger partial charge >= 0.3 is 0 Å². The average Bonchev–Trinajstić information content (AvgIpc) is 2.82. The van der Waals surface area contributed by atoms with Crippen molar-refractivity contribution in [3.8, 4) is 0 Å². The fourth-order valence-corrected chi connectivity index (χ4v) is 3.72. The SMILES string of the molecule is CCN1CCN(c2ccc(/C(N)=C/C(=NCc3ccc(Cl)cc3F)C(=N)C(N)=O)cc2)CC1. The Morgan fingerprint density at radius 3 is 2.39 bits per heavy atom. The fourth-order valence-electron chi connectivity index (χ4n) is 3.56. The number of halogens is 2. The number of amides is 1. The van der Waals surface area contributed by atoms with Gasteiger partial charge in [-0.25, -0.2) is 4.39 Å². The molecule has 0 spiro atoms. The summed E-state index contributed by atoms with van der Waals surface area (Å²) in [5.41, 5.74) is 13.4. The molecule has 0 atom stereocenters. The number of benzene rings is 2. The second kappa shape index (κ2) is 11.1. The molecule has 1 aliphatic heterocycles. The van der Waals surface area contributed by atoms with Crippen LogP contribution in [0.5, 0.6) is 0 Å². The van der Waals surface area contributed by atoms with E-state index in [1.54, 1.807) is 6.07 Å². The summed E-state index contributed by atoms with van der Waals surface area (Å²) in [5, 5.41) is 8.25. The molecule has 1 saturated heterocycles. The number of likely N-dealkylation sites (N-methyl/N-ethyl adjacent to an activating group) is 1. The van der Waals surface area contributed by atoms with Crippen LogP contribution < -0.4 is 16.4 Å². The van der Waals surface area contributed by atoms with Gasteiger partial charge in [0, 0.05) is 48.1 Å².